The molecule has 25 heavy (non-hydrogen) atoms. The normalized spacial score (nSPS) is 13.7. The van der Waals surface area contributed by atoms with Gasteiger partial charge in [-0.25, -0.2) is 0 Å². The fourth-order valence-corrected chi connectivity index (χ4v) is 3.89. The third-order valence-corrected chi connectivity index (χ3v) is 4.96. The molecule has 1 aromatic heterocycles. The number of nitrogens with two attached hydrogens (primary N) is 1. The number of rotatable bonds is 4. The number of aryl methyl sites for hydroxylation is 1. The van der Waals surface area contributed by atoms with Gasteiger partial charge in [-0.15, -0.1) is 0 Å². The number of benzene rings is 1. The molecule has 2 N–H and O–H groups in total. The SMILES string of the molecule is Cc1nc2c(c(-c3ccc(Cl)cc3Cl)c1CN)C(=O)N(CC(C)C)C2. The molecule has 1 aliphatic rings. The van der Waals surface area contributed by atoms with Gasteiger partial charge in [-0.3, -0.25) is 9.78 Å². The molecule has 6 heteroatoms. The summed E-state index contributed by atoms with van der Waals surface area (Å²) in [6.45, 7) is 7.62. The second-order valence-corrected chi connectivity index (χ2v) is 7.62. The first kappa shape index (κ1) is 18.2. The number of carbonyl (C=O) groups is 1. The predicted octanol–water partition coefficient (Wildman–Crippen LogP) is 4.43. The maximum atomic E-state index is 13.1. The van der Waals surface area contributed by atoms with Crippen LogP contribution in [0, 0.1) is 12.8 Å². The van der Waals surface area contributed by atoms with Gasteiger partial charge < -0.3 is 10.6 Å². The average molecular weight is 378 g/mol. The standard InChI is InChI=1S/C19H21Cl2N3O/c1-10(2)8-24-9-16-18(19(24)25)17(14(7-22)11(3)23-16)13-5-4-12(20)6-15(13)21/h4-6,10H,7-9,22H2,1-3H3. The molecular weight excluding hydrogens is 357 g/mol. The van der Waals surface area contributed by atoms with E-state index in [1.54, 1.807) is 12.1 Å². The largest absolute Gasteiger partial charge is 0.332 e. The number of hydrogen-bond donors (Lipinski definition) is 1. The Kier molecular flexibility index (Phi) is 5.05. The van der Waals surface area contributed by atoms with Crippen molar-refractivity contribution in [1.82, 2.24) is 9.88 Å². The van der Waals surface area contributed by atoms with E-state index in [2.05, 4.69) is 18.8 Å². The maximum Gasteiger partial charge on any atom is 0.256 e. The smallest absolute Gasteiger partial charge is 0.256 e. The number of nitrogens with zero attached hydrogens (tertiary/aromatic N) is 2. The first-order chi connectivity index (χ1) is 11.8. The van der Waals surface area contributed by atoms with E-state index in [1.807, 2.05) is 17.9 Å². The Morgan fingerprint density at radius 2 is 2.00 bits per heavy atom. The van der Waals surface area contributed by atoms with Gasteiger partial charge in [0.15, 0.2) is 0 Å². The van der Waals surface area contributed by atoms with Crippen LogP contribution in [-0.4, -0.2) is 22.3 Å². The first-order valence-electron chi connectivity index (χ1n) is 8.30. The lowest BCUT2D eigenvalue weighted by Crippen LogP contribution is -2.28. The molecule has 0 unspecified atom stereocenters. The highest BCUT2D eigenvalue weighted by atomic mass is 35.5. The highest BCUT2D eigenvalue weighted by Gasteiger charge is 2.34. The Morgan fingerprint density at radius 1 is 1.28 bits per heavy atom. The van der Waals surface area contributed by atoms with E-state index < -0.39 is 0 Å². The molecule has 0 saturated heterocycles. The zero-order valence-corrected chi connectivity index (χ0v) is 16.1. The number of pyridine rings is 1. The molecule has 0 fully saturated rings. The molecule has 0 radical (unpaired) electrons. The predicted molar refractivity (Wildman–Crippen MR) is 102 cm³/mol. The van der Waals surface area contributed by atoms with Crippen LogP contribution in [0.25, 0.3) is 11.1 Å². The van der Waals surface area contributed by atoms with Crippen LogP contribution in [0.5, 0.6) is 0 Å². The van der Waals surface area contributed by atoms with E-state index in [9.17, 15) is 4.79 Å². The van der Waals surface area contributed by atoms with Crippen LogP contribution in [0.1, 0.15) is 41.2 Å². The quantitative estimate of drug-likeness (QED) is 0.856. The molecule has 4 nitrogen and oxygen atoms in total. The molecule has 1 amide bonds. The van der Waals surface area contributed by atoms with E-state index in [0.29, 0.717) is 34.6 Å². The Morgan fingerprint density at radius 3 is 2.60 bits per heavy atom. The van der Waals surface area contributed by atoms with Crippen molar-refractivity contribution >= 4 is 29.1 Å². The van der Waals surface area contributed by atoms with Crippen LogP contribution in [0.2, 0.25) is 10.0 Å². The summed E-state index contributed by atoms with van der Waals surface area (Å²) in [6.07, 6.45) is 0. The molecule has 2 aromatic rings. The summed E-state index contributed by atoms with van der Waals surface area (Å²) in [7, 11) is 0. The molecule has 0 saturated carbocycles. The lowest BCUT2D eigenvalue weighted by Gasteiger charge is -2.18. The summed E-state index contributed by atoms with van der Waals surface area (Å²) >= 11 is 12.5. The highest BCUT2D eigenvalue weighted by Crippen LogP contribution is 2.39. The van der Waals surface area contributed by atoms with Gasteiger partial charge in [-0.2, -0.15) is 0 Å². The van der Waals surface area contributed by atoms with Crippen LogP contribution in [0.15, 0.2) is 18.2 Å². The number of carbonyl (C=O) groups excluding carboxylic acids is 1. The topological polar surface area (TPSA) is 59.2 Å². The van der Waals surface area contributed by atoms with Crippen molar-refractivity contribution in [3.8, 4) is 11.1 Å². The summed E-state index contributed by atoms with van der Waals surface area (Å²) in [6, 6.07) is 5.31. The number of aromatic nitrogens is 1. The number of hydrogen-bond acceptors (Lipinski definition) is 3. The molecule has 132 valence electrons. The summed E-state index contributed by atoms with van der Waals surface area (Å²) in [4.78, 5) is 19.6. The summed E-state index contributed by atoms with van der Waals surface area (Å²) in [5.41, 5.74) is 10.7. The number of fused-ring (bicyclic) bond motifs is 1. The third kappa shape index (κ3) is 3.26. The Balaban J connectivity index is 2.24. The monoisotopic (exact) mass is 377 g/mol. The lowest BCUT2D eigenvalue weighted by atomic mass is 9.93. The minimum atomic E-state index is -0.00748. The van der Waals surface area contributed by atoms with Gasteiger partial charge in [-0.1, -0.05) is 43.1 Å². The second kappa shape index (κ2) is 6.94. The van der Waals surface area contributed by atoms with Crippen molar-refractivity contribution in [3.05, 3.63) is 50.8 Å². The molecular formula is C19H21Cl2N3O. The first-order valence-corrected chi connectivity index (χ1v) is 9.06. The maximum absolute atomic E-state index is 13.1. The number of amides is 1. The van der Waals surface area contributed by atoms with E-state index in [1.165, 1.54) is 0 Å². The Bertz CT molecular complexity index is 849. The average Bonchev–Trinajstić information content (AvgIpc) is 2.81. The van der Waals surface area contributed by atoms with Gasteiger partial charge in [0.05, 0.1) is 17.8 Å². The summed E-state index contributed by atoms with van der Waals surface area (Å²) < 4.78 is 0. The van der Waals surface area contributed by atoms with E-state index in [0.717, 1.165) is 28.1 Å². The second-order valence-electron chi connectivity index (χ2n) is 6.78. The van der Waals surface area contributed by atoms with E-state index in [-0.39, 0.29) is 12.5 Å². The minimum absolute atomic E-state index is 0.00748. The highest BCUT2D eigenvalue weighted by molar-refractivity contribution is 6.36. The van der Waals surface area contributed by atoms with Crippen molar-refractivity contribution < 1.29 is 4.79 Å². The molecule has 1 aromatic carbocycles. The molecule has 0 aliphatic carbocycles. The van der Waals surface area contributed by atoms with Gasteiger partial charge in [0.25, 0.3) is 5.91 Å². The number of halogens is 2. The van der Waals surface area contributed by atoms with E-state index >= 15 is 0 Å². The van der Waals surface area contributed by atoms with Crippen molar-refractivity contribution in [3.63, 3.8) is 0 Å². The summed E-state index contributed by atoms with van der Waals surface area (Å²) in [5.74, 6) is 0.378. The molecule has 0 atom stereocenters. The van der Waals surface area contributed by atoms with Crippen LogP contribution in [0.3, 0.4) is 0 Å². The van der Waals surface area contributed by atoms with Crippen LogP contribution in [0.4, 0.5) is 0 Å². The van der Waals surface area contributed by atoms with Gasteiger partial charge >= 0.3 is 0 Å². The van der Waals surface area contributed by atoms with Gasteiger partial charge in [0.2, 0.25) is 0 Å². The molecule has 3 rings (SSSR count). The Labute approximate surface area is 157 Å². The van der Waals surface area contributed by atoms with Crippen LogP contribution in [-0.2, 0) is 13.1 Å². The van der Waals surface area contributed by atoms with Crippen LogP contribution >= 0.6 is 23.2 Å². The zero-order chi connectivity index (χ0) is 18.3. The summed E-state index contributed by atoms with van der Waals surface area (Å²) in [5, 5.41) is 1.06. The van der Waals surface area contributed by atoms with Crippen LogP contribution < -0.4 is 5.73 Å². The molecule has 0 spiro atoms. The van der Waals surface area contributed by atoms with Gasteiger partial charge in [-0.05, 0) is 30.5 Å². The zero-order valence-electron chi connectivity index (χ0n) is 14.6. The lowest BCUT2D eigenvalue weighted by molar-refractivity contribution is 0.0760. The van der Waals surface area contributed by atoms with E-state index in [4.69, 9.17) is 28.9 Å². The van der Waals surface area contributed by atoms with Crippen molar-refractivity contribution in [1.29, 1.82) is 0 Å². The van der Waals surface area contributed by atoms with Crippen molar-refractivity contribution in [2.75, 3.05) is 6.54 Å². The Hall–Kier alpha value is -1.62. The van der Waals surface area contributed by atoms with Gasteiger partial charge in [0.1, 0.15) is 0 Å². The minimum Gasteiger partial charge on any atom is -0.332 e. The van der Waals surface area contributed by atoms with Crippen molar-refractivity contribution in [2.24, 2.45) is 11.7 Å². The van der Waals surface area contributed by atoms with Gasteiger partial charge in [0, 0.05) is 40.0 Å². The fourth-order valence-electron chi connectivity index (χ4n) is 3.38. The molecule has 1 aliphatic heterocycles. The molecule has 0 bridgehead atoms. The fraction of sp³-hybridized carbons (Fsp3) is 0.368. The van der Waals surface area contributed by atoms with Crippen molar-refractivity contribution in [2.45, 2.75) is 33.9 Å². The third-order valence-electron chi connectivity index (χ3n) is 4.41. The molecule has 2 heterocycles.